The molecule has 1 aromatic heterocycles. The molecule has 132 valence electrons. The lowest BCUT2D eigenvalue weighted by Gasteiger charge is -2.30. The van der Waals surface area contributed by atoms with E-state index >= 15 is 0 Å². The molecule has 0 saturated heterocycles. The highest BCUT2D eigenvalue weighted by Crippen LogP contribution is 2.40. The van der Waals surface area contributed by atoms with Crippen molar-refractivity contribution in [3.63, 3.8) is 0 Å². The number of rotatable bonds is 6. The number of benzene rings is 1. The molecule has 1 aliphatic heterocycles. The Hall–Kier alpha value is -2.14. The van der Waals surface area contributed by atoms with Crippen molar-refractivity contribution in [2.45, 2.75) is 31.7 Å². The molecule has 0 amide bonds. The molecule has 5 heteroatoms. The maximum Gasteiger partial charge on any atom is 0.224 e. The van der Waals surface area contributed by atoms with Crippen LogP contribution in [-0.2, 0) is 13.0 Å². The third kappa shape index (κ3) is 3.93. The second-order valence-electron chi connectivity index (χ2n) is 7.42. The zero-order valence-electron chi connectivity index (χ0n) is 15.2. The molecule has 4 rings (SSSR count). The first-order valence-corrected chi connectivity index (χ1v) is 9.28. The highest BCUT2D eigenvalue weighted by Gasteiger charge is 2.27. The van der Waals surface area contributed by atoms with Crippen molar-refractivity contribution in [3.8, 4) is 0 Å². The fourth-order valence-electron chi connectivity index (χ4n) is 3.36. The van der Waals surface area contributed by atoms with Crippen LogP contribution in [0, 0.1) is 0 Å². The molecule has 0 bridgehead atoms. The number of fused-ring (bicyclic) bond motifs is 1. The van der Waals surface area contributed by atoms with Gasteiger partial charge in [-0.2, -0.15) is 4.98 Å². The van der Waals surface area contributed by atoms with Gasteiger partial charge >= 0.3 is 0 Å². The van der Waals surface area contributed by atoms with Crippen molar-refractivity contribution >= 4 is 11.8 Å². The molecule has 0 unspecified atom stereocenters. The first kappa shape index (κ1) is 16.3. The van der Waals surface area contributed by atoms with E-state index in [2.05, 4.69) is 59.5 Å². The topological polar surface area (TPSA) is 44.3 Å². The van der Waals surface area contributed by atoms with Gasteiger partial charge in [0.1, 0.15) is 5.82 Å². The summed E-state index contributed by atoms with van der Waals surface area (Å²) in [5.41, 5.74) is 4.10. The summed E-state index contributed by atoms with van der Waals surface area (Å²) in [5.74, 6) is 2.48. The second-order valence-corrected chi connectivity index (χ2v) is 7.42. The zero-order valence-corrected chi connectivity index (χ0v) is 15.2. The van der Waals surface area contributed by atoms with E-state index in [-0.39, 0.29) is 0 Å². The van der Waals surface area contributed by atoms with Crippen molar-refractivity contribution in [1.29, 1.82) is 0 Å². The van der Waals surface area contributed by atoms with Crippen LogP contribution in [0.1, 0.15) is 35.6 Å². The fourth-order valence-corrected chi connectivity index (χ4v) is 3.36. The molecule has 1 N–H and O–H groups in total. The summed E-state index contributed by atoms with van der Waals surface area (Å²) >= 11 is 0. The molecule has 1 aromatic carbocycles. The van der Waals surface area contributed by atoms with Crippen LogP contribution in [0.5, 0.6) is 0 Å². The van der Waals surface area contributed by atoms with Gasteiger partial charge in [-0.25, -0.2) is 4.98 Å². The molecule has 1 saturated carbocycles. The molecule has 1 fully saturated rings. The molecular formula is C20H27N5. The van der Waals surface area contributed by atoms with Crippen LogP contribution in [0.25, 0.3) is 0 Å². The Morgan fingerprint density at radius 3 is 2.72 bits per heavy atom. The first-order valence-electron chi connectivity index (χ1n) is 9.28. The van der Waals surface area contributed by atoms with Gasteiger partial charge in [0.05, 0.1) is 5.69 Å². The number of nitrogens with zero attached hydrogens (tertiary/aromatic N) is 4. The minimum Gasteiger partial charge on any atom is -0.353 e. The lowest BCUT2D eigenvalue weighted by atomic mass is 10.00. The number of nitrogens with one attached hydrogen (secondary N) is 1. The summed E-state index contributed by atoms with van der Waals surface area (Å²) in [7, 11) is 4.17. The van der Waals surface area contributed by atoms with E-state index in [4.69, 9.17) is 9.97 Å². The SMILES string of the molecule is CN(C)CCNc1nc(C2CC2)cc(N2CCc3ccccc3C2)n1. The largest absolute Gasteiger partial charge is 0.353 e. The predicted octanol–water partition coefficient (Wildman–Crippen LogP) is 2.89. The molecule has 2 aromatic rings. The van der Waals surface area contributed by atoms with Gasteiger partial charge in [0.15, 0.2) is 0 Å². The number of aromatic nitrogens is 2. The van der Waals surface area contributed by atoms with E-state index in [9.17, 15) is 0 Å². The Morgan fingerprint density at radius 1 is 1.16 bits per heavy atom. The van der Waals surface area contributed by atoms with Crippen molar-refractivity contribution < 1.29 is 0 Å². The third-order valence-corrected chi connectivity index (χ3v) is 5.02. The van der Waals surface area contributed by atoms with Crippen molar-refractivity contribution in [3.05, 3.63) is 47.2 Å². The van der Waals surface area contributed by atoms with Crippen LogP contribution in [0.2, 0.25) is 0 Å². The zero-order chi connectivity index (χ0) is 17.2. The number of hydrogen-bond acceptors (Lipinski definition) is 5. The summed E-state index contributed by atoms with van der Waals surface area (Å²) in [5, 5.41) is 3.41. The maximum absolute atomic E-state index is 4.82. The van der Waals surface area contributed by atoms with Crippen LogP contribution in [0.15, 0.2) is 30.3 Å². The Labute approximate surface area is 150 Å². The smallest absolute Gasteiger partial charge is 0.224 e. The van der Waals surface area contributed by atoms with E-state index in [0.29, 0.717) is 5.92 Å². The molecule has 25 heavy (non-hydrogen) atoms. The summed E-state index contributed by atoms with van der Waals surface area (Å²) in [6, 6.07) is 11.0. The summed E-state index contributed by atoms with van der Waals surface area (Å²) in [6.45, 7) is 3.80. The van der Waals surface area contributed by atoms with Crippen LogP contribution >= 0.6 is 0 Å². The predicted molar refractivity (Wildman–Crippen MR) is 102 cm³/mol. The quantitative estimate of drug-likeness (QED) is 0.878. The van der Waals surface area contributed by atoms with E-state index < -0.39 is 0 Å². The second kappa shape index (κ2) is 7.00. The lowest BCUT2D eigenvalue weighted by Crippen LogP contribution is -2.31. The third-order valence-electron chi connectivity index (χ3n) is 5.02. The van der Waals surface area contributed by atoms with Crippen LogP contribution in [0.4, 0.5) is 11.8 Å². The molecule has 0 radical (unpaired) electrons. The van der Waals surface area contributed by atoms with Crippen molar-refractivity contribution in [2.75, 3.05) is 43.9 Å². The molecule has 2 heterocycles. The van der Waals surface area contributed by atoms with E-state index in [1.54, 1.807) is 0 Å². The lowest BCUT2D eigenvalue weighted by molar-refractivity contribution is 0.425. The van der Waals surface area contributed by atoms with Gasteiger partial charge in [-0.05, 0) is 44.5 Å². The van der Waals surface area contributed by atoms with Gasteiger partial charge in [0, 0.05) is 38.2 Å². The first-order chi connectivity index (χ1) is 12.2. The van der Waals surface area contributed by atoms with Crippen LogP contribution in [0.3, 0.4) is 0 Å². The normalized spacial score (nSPS) is 16.8. The molecular weight excluding hydrogens is 310 g/mol. The molecule has 0 spiro atoms. The highest BCUT2D eigenvalue weighted by molar-refractivity contribution is 5.49. The Bertz CT molecular complexity index is 739. The molecule has 2 aliphatic rings. The Kier molecular flexibility index (Phi) is 4.57. The number of hydrogen-bond donors (Lipinski definition) is 1. The van der Waals surface area contributed by atoms with Crippen LogP contribution < -0.4 is 10.2 Å². The van der Waals surface area contributed by atoms with Gasteiger partial charge in [-0.3, -0.25) is 0 Å². The monoisotopic (exact) mass is 337 g/mol. The fraction of sp³-hybridized carbons (Fsp3) is 0.500. The Balaban J connectivity index is 1.55. The average molecular weight is 337 g/mol. The van der Waals surface area contributed by atoms with E-state index in [0.717, 1.165) is 44.4 Å². The minimum absolute atomic E-state index is 0.633. The highest BCUT2D eigenvalue weighted by atomic mass is 15.2. The standard InChI is InChI=1S/C20H27N5/c1-24(2)12-10-21-20-22-18(16-7-8-16)13-19(23-20)25-11-9-15-5-3-4-6-17(15)14-25/h3-6,13,16H,7-12,14H2,1-2H3,(H,21,22,23). The average Bonchev–Trinajstić information content (AvgIpc) is 3.46. The molecule has 5 nitrogen and oxygen atoms in total. The van der Waals surface area contributed by atoms with Crippen molar-refractivity contribution in [2.24, 2.45) is 0 Å². The Morgan fingerprint density at radius 2 is 1.96 bits per heavy atom. The molecule has 1 aliphatic carbocycles. The number of anilines is 2. The van der Waals surface area contributed by atoms with Gasteiger partial charge in [-0.15, -0.1) is 0 Å². The minimum atomic E-state index is 0.633. The number of likely N-dealkylation sites (N-methyl/N-ethyl adjacent to an activating group) is 1. The van der Waals surface area contributed by atoms with Gasteiger partial charge in [0.2, 0.25) is 5.95 Å². The maximum atomic E-state index is 4.82. The van der Waals surface area contributed by atoms with Crippen LogP contribution in [-0.4, -0.2) is 48.6 Å². The van der Waals surface area contributed by atoms with E-state index in [1.807, 2.05) is 0 Å². The van der Waals surface area contributed by atoms with Gasteiger partial charge in [0.25, 0.3) is 0 Å². The molecule has 0 atom stereocenters. The summed E-state index contributed by atoms with van der Waals surface area (Å²) in [4.78, 5) is 14.1. The van der Waals surface area contributed by atoms with Gasteiger partial charge in [-0.1, -0.05) is 24.3 Å². The summed E-state index contributed by atoms with van der Waals surface area (Å²) < 4.78 is 0. The van der Waals surface area contributed by atoms with E-state index in [1.165, 1.54) is 29.7 Å². The van der Waals surface area contributed by atoms with Crippen molar-refractivity contribution in [1.82, 2.24) is 14.9 Å². The summed E-state index contributed by atoms with van der Waals surface area (Å²) in [6.07, 6.45) is 3.61. The van der Waals surface area contributed by atoms with Gasteiger partial charge < -0.3 is 15.1 Å².